The maximum absolute atomic E-state index is 12.3. The zero-order chi connectivity index (χ0) is 14.4. The highest BCUT2D eigenvalue weighted by Gasteiger charge is 2.24. The van der Waals surface area contributed by atoms with Crippen LogP contribution in [-0.2, 0) is 13.6 Å². The first-order valence-corrected chi connectivity index (χ1v) is 8.39. The van der Waals surface area contributed by atoms with Gasteiger partial charge >= 0.3 is 7.60 Å². The molecular weight excluding hydrogens is 275 g/mol. The maximum Gasteiger partial charge on any atom is 0.367 e. The second kappa shape index (κ2) is 6.89. The van der Waals surface area contributed by atoms with Crippen LogP contribution < -0.4 is 4.74 Å². The fourth-order valence-corrected chi connectivity index (χ4v) is 3.23. The molecule has 0 heterocycles. The third-order valence-electron chi connectivity index (χ3n) is 2.76. The molecule has 0 aliphatic rings. The van der Waals surface area contributed by atoms with Gasteiger partial charge in [0.2, 0.25) is 0 Å². The topological polar surface area (TPSA) is 44.8 Å². The molecule has 0 spiro atoms. The van der Waals surface area contributed by atoms with Gasteiger partial charge in [-0.25, -0.2) is 0 Å². The van der Waals surface area contributed by atoms with Gasteiger partial charge in [-0.2, -0.15) is 0 Å². The molecule has 4 nitrogen and oxygen atoms in total. The predicted molar refractivity (Wildman–Crippen MR) is 80.3 cm³/mol. The lowest BCUT2D eigenvalue weighted by Gasteiger charge is -2.17. The van der Waals surface area contributed by atoms with Crippen LogP contribution in [0.3, 0.4) is 0 Å². The highest BCUT2D eigenvalue weighted by Crippen LogP contribution is 2.47. The zero-order valence-electron chi connectivity index (χ0n) is 11.7. The Balaban J connectivity index is 2.09. The molecule has 0 bridgehead atoms. The van der Waals surface area contributed by atoms with Gasteiger partial charge in [-0.15, -0.1) is 0 Å². The predicted octanol–water partition coefficient (Wildman–Crippen LogP) is 4.44. The Bertz CT molecular complexity index is 602. The third-order valence-corrected chi connectivity index (χ3v) is 4.51. The number of rotatable bonds is 7. The van der Waals surface area contributed by atoms with Gasteiger partial charge in [0.15, 0.2) is 6.35 Å². The molecule has 0 saturated carbocycles. The lowest BCUT2D eigenvalue weighted by molar-refractivity contribution is 0.197. The molecule has 2 aromatic carbocycles. The monoisotopic (exact) mass is 294 g/mol. The average Bonchev–Trinajstić information content (AvgIpc) is 2.46. The standard InChI is InChI=1S/C15H19O4P/c1-3-18-20(16,19-4-2)12-17-15-10-9-13-7-5-6-8-14(13)11-15/h5-11H,3-4,12H2,1-2H3. The number of fused-ring (bicyclic) bond motifs is 1. The summed E-state index contributed by atoms with van der Waals surface area (Å²) >= 11 is 0. The van der Waals surface area contributed by atoms with Crippen molar-refractivity contribution in [3.05, 3.63) is 42.5 Å². The second-order valence-electron chi connectivity index (χ2n) is 4.23. The van der Waals surface area contributed by atoms with Crippen LogP contribution in [0.25, 0.3) is 10.8 Å². The highest BCUT2D eigenvalue weighted by molar-refractivity contribution is 7.53. The van der Waals surface area contributed by atoms with Gasteiger partial charge in [0.1, 0.15) is 5.75 Å². The van der Waals surface area contributed by atoms with Crippen LogP contribution in [0.5, 0.6) is 5.75 Å². The van der Waals surface area contributed by atoms with Crippen molar-refractivity contribution in [3.63, 3.8) is 0 Å². The molecule has 0 amide bonds. The molecule has 0 aliphatic heterocycles. The van der Waals surface area contributed by atoms with Crippen LogP contribution in [0.1, 0.15) is 13.8 Å². The van der Waals surface area contributed by atoms with Crippen molar-refractivity contribution in [2.75, 3.05) is 19.6 Å². The number of hydrogen-bond acceptors (Lipinski definition) is 4. The van der Waals surface area contributed by atoms with Crippen molar-refractivity contribution >= 4 is 18.4 Å². The van der Waals surface area contributed by atoms with E-state index >= 15 is 0 Å². The third kappa shape index (κ3) is 3.83. The Morgan fingerprint density at radius 1 is 0.950 bits per heavy atom. The normalized spacial score (nSPS) is 11.7. The van der Waals surface area contributed by atoms with E-state index < -0.39 is 7.60 Å². The van der Waals surface area contributed by atoms with E-state index in [4.69, 9.17) is 13.8 Å². The van der Waals surface area contributed by atoms with E-state index in [2.05, 4.69) is 0 Å². The Morgan fingerprint density at radius 3 is 2.25 bits per heavy atom. The summed E-state index contributed by atoms with van der Waals surface area (Å²) in [7, 11) is -3.17. The Labute approximate surface area is 119 Å². The molecule has 0 radical (unpaired) electrons. The highest BCUT2D eigenvalue weighted by atomic mass is 31.2. The molecule has 0 fully saturated rings. The lowest BCUT2D eigenvalue weighted by atomic mass is 10.1. The first kappa shape index (κ1) is 15.0. The van der Waals surface area contributed by atoms with Crippen molar-refractivity contribution < 1.29 is 18.3 Å². The summed E-state index contributed by atoms with van der Waals surface area (Å²) in [6, 6.07) is 13.7. The summed E-state index contributed by atoms with van der Waals surface area (Å²) < 4.78 is 28.2. The van der Waals surface area contributed by atoms with Gasteiger partial charge in [0, 0.05) is 0 Å². The zero-order valence-corrected chi connectivity index (χ0v) is 12.6. The van der Waals surface area contributed by atoms with Crippen LogP contribution in [0.2, 0.25) is 0 Å². The minimum absolute atomic E-state index is 0.0764. The molecule has 0 unspecified atom stereocenters. The Kier molecular flexibility index (Phi) is 5.18. The molecule has 0 saturated heterocycles. The fraction of sp³-hybridized carbons (Fsp3) is 0.333. The molecule has 0 atom stereocenters. The molecule has 0 N–H and O–H groups in total. The van der Waals surface area contributed by atoms with Crippen LogP contribution in [0.4, 0.5) is 0 Å². The van der Waals surface area contributed by atoms with Gasteiger partial charge < -0.3 is 13.8 Å². The van der Waals surface area contributed by atoms with Crippen LogP contribution in [0.15, 0.2) is 42.5 Å². The van der Waals surface area contributed by atoms with E-state index in [0.29, 0.717) is 19.0 Å². The summed E-state index contributed by atoms with van der Waals surface area (Å²) in [5.41, 5.74) is 0. The summed E-state index contributed by atoms with van der Waals surface area (Å²) in [4.78, 5) is 0. The van der Waals surface area contributed by atoms with E-state index in [1.54, 1.807) is 13.8 Å². The van der Waals surface area contributed by atoms with E-state index in [1.807, 2.05) is 42.5 Å². The van der Waals surface area contributed by atoms with E-state index in [9.17, 15) is 4.57 Å². The van der Waals surface area contributed by atoms with Crippen LogP contribution in [0, 0.1) is 0 Å². The quantitative estimate of drug-likeness (QED) is 0.708. The lowest BCUT2D eigenvalue weighted by Crippen LogP contribution is -2.05. The maximum atomic E-state index is 12.3. The van der Waals surface area contributed by atoms with Gasteiger partial charge in [-0.05, 0) is 36.8 Å². The Morgan fingerprint density at radius 2 is 1.60 bits per heavy atom. The molecule has 20 heavy (non-hydrogen) atoms. The van der Waals surface area contributed by atoms with Gasteiger partial charge in [-0.1, -0.05) is 30.3 Å². The second-order valence-corrected chi connectivity index (χ2v) is 6.23. The van der Waals surface area contributed by atoms with Crippen molar-refractivity contribution in [2.24, 2.45) is 0 Å². The number of ether oxygens (including phenoxy) is 1. The minimum Gasteiger partial charge on any atom is -0.481 e. The van der Waals surface area contributed by atoms with E-state index in [0.717, 1.165) is 10.8 Å². The van der Waals surface area contributed by atoms with Crippen LogP contribution >= 0.6 is 7.60 Å². The van der Waals surface area contributed by atoms with Crippen molar-refractivity contribution in [2.45, 2.75) is 13.8 Å². The van der Waals surface area contributed by atoms with Crippen LogP contribution in [-0.4, -0.2) is 19.6 Å². The van der Waals surface area contributed by atoms with Gasteiger partial charge in [0.05, 0.1) is 13.2 Å². The fourth-order valence-electron chi connectivity index (χ4n) is 1.92. The molecule has 0 aliphatic carbocycles. The molecule has 2 rings (SSSR count). The van der Waals surface area contributed by atoms with Crippen molar-refractivity contribution in [1.29, 1.82) is 0 Å². The molecule has 5 heteroatoms. The Hall–Kier alpha value is -1.35. The molecule has 108 valence electrons. The van der Waals surface area contributed by atoms with Crippen molar-refractivity contribution in [1.82, 2.24) is 0 Å². The summed E-state index contributed by atoms with van der Waals surface area (Å²) in [6.45, 7) is 4.22. The summed E-state index contributed by atoms with van der Waals surface area (Å²) in [5.74, 6) is 0.656. The summed E-state index contributed by atoms with van der Waals surface area (Å²) in [6.07, 6.45) is -0.0764. The molecule has 2 aromatic rings. The summed E-state index contributed by atoms with van der Waals surface area (Å²) in [5, 5.41) is 2.21. The van der Waals surface area contributed by atoms with Gasteiger partial charge in [0.25, 0.3) is 0 Å². The number of benzene rings is 2. The van der Waals surface area contributed by atoms with E-state index in [-0.39, 0.29) is 6.35 Å². The van der Waals surface area contributed by atoms with Gasteiger partial charge in [-0.3, -0.25) is 4.57 Å². The first-order chi connectivity index (χ1) is 9.67. The molecule has 0 aromatic heterocycles. The SMILES string of the molecule is CCOP(=O)(COc1ccc2ccccc2c1)OCC. The van der Waals surface area contributed by atoms with E-state index in [1.165, 1.54) is 0 Å². The average molecular weight is 294 g/mol. The minimum atomic E-state index is -3.17. The largest absolute Gasteiger partial charge is 0.481 e. The smallest absolute Gasteiger partial charge is 0.367 e. The van der Waals surface area contributed by atoms with Crippen molar-refractivity contribution in [3.8, 4) is 5.75 Å². The first-order valence-electron chi connectivity index (χ1n) is 6.66. The number of hydrogen-bond donors (Lipinski definition) is 0. The molecular formula is C15H19O4P.